The summed E-state index contributed by atoms with van der Waals surface area (Å²) < 4.78 is 0. The first-order valence-corrected chi connectivity index (χ1v) is 4.61. The summed E-state index contributed by atoms with van der Waals surface area (Å²) in [5.41, 5.74) is 0. The molecule has 0 aromatic carbocycles. The van der Waals surface area contributed by atoms with Crippen molar-refractivity contribution < 1.29 is 19.8 Å². The summed E-state index contributed by atoms with van der Waals surface area (Å²) in [6.45, 7) is 0. The zero-order chi connectivity index (χ0) is 11.1. The average Bonchev–Trinajstić information content (AvgIpc) is 2.02. The van der Waals surface area contributed by atoms with Crippen LogP contribution in [0.5, 0.6) is 0 Å². The van der Waals surface area contributed by atoms with E-state index in [0.717, 1.165) is 0 Å². The van der Waals surface area contributed by atoms with Crippen molar-refractivity contribution in [1.82, 2.24) is 10.6 Å². The van der Waals surface area contributed by atoms with E-state index < -0.39 is 24.4 Å². The van der Waals surface area contributed by atoms with Crippen LogP contribution in [0.4, 0.5) is 0 Å². The van der Waals surface area contributed by atoms with E-state index >= 15 is 0 Å². The van der Waals surface area contributed by atoms with Crippen molar-refractivity contribution in [3.63, 3.8) is 0 Å². The standard InChI is InChI=1S/C6H10N2O4S2/c9-4(10)1-3(5(11)12)8-6(14)7-2-13/h3,13H,1-2H2,(H,9,10)(H,11,12)(H2,7,8,14). The van der Waals surface area contributed by atoms with Gasteiger partial charge in [-0.1, -0.05) is 0 Å². The second kappa shape index (κ2) is 6.44. The molecule has 1 unspecified atom stereocenters. The molecule has 0 heterocycles. The normalized spacial score (nSPS) is 11.5. The lowest BCUT2D eigenvalue weighted by molar-refractivity contribution is -0.145. The SMILES string of the molecule is O=C(O)CC(NC(=S)NCS)C(=O)O. The van der Waals surface area contributed by atoms with E-state index in [1.807, 2.05) is 0 Å². The molecule has 0 aliphatic heterocycles. The Morgan fingerprint density at radius 3 is 2.36 bits per heavy atom. The van der Waals surface area contributed by atoms with Crippen molar-refractivity contribution in [2.45, 2.75) is 12.5 Å². The number of thiol groups is 1. The van der Waals surface area contributed by atoms with Crippen LogP contribution in [0.2, 0.25) is 0 Å². The topological polar surface area (TPSA) is 98.7 Å². The predicted molar refractivity (Wildman–Crippen MR) is 56.4 cm³/mol. The summed E-state index contributed by atoms with van der Waals surface area (Å²) in [6, 6.07) is -1.23. The van der Waals surface area contributed by atoms with Gasteiger partial charge in [0.15, 0.2) is 5.11 Å². The summed E-state index contributed by atoms with van der Waals surface area (Å²) >= 11 is 8.48. The minimum Gasteiger partial charge on any atom is -0.481 e. The van der Waals surface area contributed by atoms with E-state index in [-0.39, 0.29) is 11.0 Å². The molecule has 1 atom stereocenters. The highest BCUT2D eigenvalue weighted by molar-refractivity contribution is 7.81. The fourth-order valence-electron chi connectivity index (χ4n) is 0.656. The number of carbonyl (C=O) groups is 2. The van der Waals surface area contributed by atoms with Gasteiger partial charge < -0.3 is 20.8 Å². The number of nitrogens with one attached hydrogen (secondary N) is 2. The highest BCUT2D eigenvalue weighted by Crippen LogP contribution is 1.92. The van der Waals surface area contributed by atoms with Crippen LogP contribution in [0.1, 0.15) is 6.42 Å². The van der Waals surface area contributed by atoms with Crippen LogP contribution in [-0.2, 0) is 9.59 Å². The third-order valence-corrected chi connectivity index (χ3v) is 1.64. The fraction of sp³-hybridized carbons (Fsp3) is 0.500. The molecule has 14 heavy (non-hydrogen) atoms. The van der Waals surface area contributed by atoms with Crippen molar-refractivity contribution in [2.75, 3.05) is 5.88 Å². The Morgan fingerprint density at radius 1 is 1.43 bits per heavy atom. The van der Waals surface area contributed by atoms with Gasteiger partial charge >= 0.3 is 11.9 Å². The maximum atomic E-state index is 10.5. The molecule has 0 saturated carbocycles. The third kappa shape index (κ3) is 5.60. The number of carboxylic acid groups (broad SMARTS) is 2. The van der Waals surface area contributed by atoms with Gasteiger partial charge in [-0.05, 0) is 12.2 Å². The molecular weight excluding hydrogens is 228 g/mol. The lowest BCUT2D eigenvalue weighted by Crippen LogP contribution is -2.46. The van der Waals surface area contributed by atoms with E-state index in [4.69, 9.17) is 10.2 Å². The summed E-state index contributed by atoms with van der Waals surface area (Å²) in [5.74, 6) is -2.24. The van der Waals surface area contributed by atoms with Crippen LogP contribution < -0.4 is 10.6 Å². The van der Waals surface area contributed by atoms with Crippen LogP contribution >= 0.6 is 24.8 Å². The molecule has 0 aromatic rings. The molecule has 6 nitrogen and oxygen atoms in total. The Hall–Kier alpha value is -1.02. The lowest BCUT2D eigenvalue weighted by atomic mass is 10.2. The first-order valence-electron chi connectivity index (χ1n) is 3.57. The van der Waals surface area contributed by atoms with Gasteiger partial charge in [0.05, 0.1) is 12.3 Å². The first kappa shape index (κ1) is 13.0. The lowest BCUT2D eigenvalue weighted by Gasteiger charge is -2.14. The van der Waals surface area contributed by atoms with E-state index in [0.29, 0.717) is 0 Å². The average molecular weight is 238 g/mol. The highest BCUT2D eigenvalue weighted by Gasteiger charge is 2.21. The molecule has 0 aliphatic carbocycles. The summed E-state index contributed by atoms with van der Waals surface area (Å²) in [5, 5.41) is 21.9. The van der Waals surface area contributed by atoms with Crippen molar-refractivity contribution in [1.29, 1.82) is 0 Å². The van der Waals surface area contributed by atoms with Crippen LogP contribution in [0.3, 0.4) is 0 Å². The molecule has 4 N–H and O–H groups in total. The number of thiocarbonyl (C=S) groups is 1. The van der Waals surface area contributed by atoms with Gasteiger partial charge in [-0.15, -0.1) is 0 Å². The number of hydrogen-bond acceptors (Lipinski definition) is 4. The Morgan fingerprint density at radius 2 is 2.00 bits per heavy atom. The fourth-order valence-corrected chi connectivity index (χ4v) is 1.14. The molecule has 0 radical (unpaired) electrons. The van der Waals surface area contributed by atoms with Gasteiger partial charge in [0.2, 0.25) is 0 Å². The molecule has 8 heteroatoms. The summed E-state index contributed by atoms with van der Waals surface area (Å²) in [6.07, 6.45) is -0.538. The van der Waals surface area contributed by atoms with Gasteiger partial charge in [0.1, 0.15) is 6.04 Å². The van der Waals surface area contributed by atoms with Crippen LogP contribution in [0.15, 0.2) is 0 Å². The van der Waals surface area contributed by atoms with Gasteiger partial charge in [-0.25, -0.2) is 4.79 Å². The van der Waals surface area contributed by atoms with Crippen molar-refractivity contribution in [3.05, 3.63) is 0 Å². The third-order valence-electron chi connectivity index (χ3n) is 1.22. The van der Waals surface area contributed by atoms with Crippen molar-refractivity contribution in [3.8, 4) is 0 Å². The van der Waals surface area contributed by atoms with E-state index in [9.17, 15) is 9.59 Å². The zero-order valence-corrected chi connectivity index (χ0v) is 8.77. The first-order chi connectivity index (χ1) is 6.47. The molecule has 0 spiro atoms. The smallest absolute Gasteiger partial charge is 0.326 e. The second-order valence-corrected chi connectivity index (χ2v) is 3.02. The van der Waals surface area contributed by atoms with Crippen LogP contribution in [0, 0.1) is 0 Å². The predicted octanol–water partition coefficient (Wildman–Crippen LogP) is -0.734. The van der Waals surface area contributed by atoms with Gasteiger partial charge in [0.25, 0.3) is 0 Å². The minimum absolute atomic E-state index is 0.0636. The monoisotopic (exact) mass is 238 g/mol. The molecule has 0 amide bonds. The van der Waals surface area contributed by atoms with E-state index in [1.165, 1.54) is 0 Å². The van der Waals surface area contributed by atoms with Crippen molar-refractivity contribution >= 4 is 41.9 Å². The molecule has 0 aromatic heterocycles. The number of hydrogen-bond donors (Lipinski definition) is 5. The number of aliphatic carboxylic acids is 2. The minimum atomic E-state index is -1.27. The van der Waals surface area contributed by atoms with Gasteiger partial charge in [-0.3, -0.25) is 4.79 Å². The maximum Gasteiger partial charge on any atom is 0.326 e. The van der Waals surface area contributed by atoms with Gasteiger partial charge in [0, 0.05) is 0 Å². The Labute approximate surface area is 91.1 Å². The van der Waals surface area contributed by atoms with E-state index in [2.05, 4.69) is 35.5 Å². The molecule has 0 aliphatic rings. The largest absolute Gasteiger partial charge is 0.481 e. The molecule has 0 bridgehead atoms. The zero-order valence-electron chi connectivity index (χ0n) is 7.06. The van der Waals surface area contributed by atoms with Crippen LogP contribution in [0.25, 0.3) is 0 Å². The molecule has 80 valence electrons. The van der Waals surface area contributed by atoms with Gasteiger partial charge in [-0.2, -0.15) is 12.6 Å². The maximum absolute atomic E-state index is 10.5. The molecule has 0 rings (SSSR count). The highest BCUT2D eigenvalue weighted by atomic mass is 32.1. The quantitative estimate of drug-likeness (QED) is 0.244. The Kier molecular flexibility index (Phi) is 5.97. The Bertz CT molecular complexity index is 246. The Balaban J connectivity index is 4.16. The number of rotatable bonds is 5. The van der Waals surface area contributed by atoms with Crippen LogP contribution in [-0.4, -0.2) is 39.2 Å². The molecule has 0 saturated heterocycles. The molecule has 0 fully saturated rings. The second-order valence-electron chi connectivity index (χ2n) is 2.30. The van der Waals surface area contributed by atoms with Crippen molar-refractivity contribution in [2.24, 2.45) is 0 Å². The summed E-state index contributed by atoms with van der Waals surface area (Å²) in [4.78, 5) is 20.8. The van der Waals surface area contributed by atoms with E-state index in [1.54, 1.807) is 0 Å². The summed E-state index contributed by atoms with van der Waals surface area (Å²) in [7, 11) is 0. The molecular formula is C6H10N2O4S2. The number of carboxylic acids is 2.